The number of nitrogens with one attached hydrogen (secondary N) is 1. The van der Waals surface area contributed by atoms with Crippen molar-refractivity contribution in [1.29, 1.82) is 0 Å². The zero-order valence-corrected chi connectivity index (χ0v) is 11.2. The summed E-state index contributed by atoms with van der Waals surface area (Å²) in [6, 6.07) is 0.340. The third-order valence-corrected chi connectivity index (χ3v) is 2.64. The summed E-state index contributed by atoms with van der Waals surface area (Å²) >= 11 is 3.29. The van der Waals surface area contributed by atoms with Crippen LogP contribution in [0.15, 0.2) is 23.2 Å². The van der Waals surface area contributed by atoms with E-state index < -0.39 is 0 Å². The molecular formula is C10H13BrN6. The minimum atomic E-state index is 0.340. The first kappa shape index (κ1) is 12.0. The van der Waals surface area contributed by atoms with Crippen molar-refractivity contribution < 1.29 is 0 Å². The first-order chi connectivity index (χ1) is 8.16. The van der Waals surface area contributed by atoms with Gasteiger partial charge in [-0.1, -0.05) is 0 Å². The number of nitrogens with zero attached hydrogens (tertiary/aromatic N) is 5. The maximum atomic E-state index is 4.13. The Kier molecular flexibility index (Phi) is 3.68. The fourth-order valence-corrected chi connectivity index (χ4v) is 1.59. The molecule has 0 aromatic carbocycles. The van der Waals surface area contributed by atoms with Crippen LogP contribution in [0.3, 0.4) is 0 Å². The van der Waals surface area contributed by atoms with Crippen molar-refractivity contribution in [3.63, 3.8) is 0 Å². The zero-order chi connectivity index (χ0) is 12.3. The number of rotatable bonds is 4. The predicted molar refractivity (Wildman–Crippen MR) is 67.5 cm³/mol. The van der Waals surface area contributed by atoms with E-state index in [0.29, 0.717) is 18.5 Å². The van der Waals surface area contributed by atoms with Gasteiger partial charge in [-0.25, -0.2) is 9.97 Å². The second-order valence-electron chi connectivity index (χ2n) is 3.83. The van der Waals surface area contributed by atoms with Crippen LogP contribution < -0.4 is 5.32 Å². The van der Waals surface area contributed by atoms with Crippen LogP contribution in [0.2, 0.25) is 0 Å². The van der Waals surface area contributed by atoms with E-state index in [0.717, 1.165) is 10.3 Å². The summed E-state index contributed by atoms with van der Waals surface area (Å²) in [4.78, 5) is 8.25. The van der Waals surface area contributed by atoms with E-state index in [1.165, 1.54) is 0 Å². The van der Waals surface area contributed by atoms with Crippen molar-refractivity contribution in [3.8, 4) is 0 Å². The minimum absolute atomic E-state index is 0.340. The molecule has 0 unspecified atom stereocenters. The molecule has 0 aliphatic carbocycles. The van der Waals surface area contributed by atoms with Gasteiger partial charge in [-0.2, -0.15) is 0 Å². The van der Waals surface area contributed by atoms with Crippen LogP contribution in [0.5, 0.6) is 0 Å². The van der Waals surface area contributed by atoms with Crippen molar-refractivity contribution in [1.82, 2.24) is 24.7 Å². The standard InChI is InChI=1S/C10H13BrN6/c1-7(2)17-6-15-16-9(17)5-14-10-12-3-8(11)4-13-10/h3-4,6-7H,5H2,1-2H3,(H,12,13,14). The quantitative estimate of drug-likeness (QED) is 0.935. The van der Waals surface area contributed by atoms with Crippen LogP contribution in [0.1, 0.15) is 25.7 Å². The van der Waals surface area contributed by atoms with Gasteiger partial charge in [-0.3, -0.25) is 0 Å². The topological polar surface area (TPSA) is 68.5 Å². The van der Waals surface area contributed by atoms with Crippen molar-refractivity contribution in [2.45, 2.75) is 26.4 Å². The molecule has 7 heteroatoms. The van der Waals surface area contributed by atoms with Gasteiger partial charge in [-0.05, 0) is 29.8 Å². The van der Waals surface area contributed by atoms with Gasteiger partial charge < -0.3 is 9.88 Å². The third kappa shape index (κ3) is 3.00. The molecule has 0 fully saturated rings. The first-order valence-corrected chi connectivity index (χ1v) is 6.06. The molecule has 2 aromatic rings. The van der Waals surface area contributed by atoms with Gasteiger partial charge in [0.05, 0.1) is 11.0 Å². The summed E-state index contributed by atoms with van der Waals surface area (Å²) < 4.78 is 2.86. The van der Waals surface area contributed by atoms with Crippen molar-refractivity contribution in [2.75, 3.05) is 5.32 Å². The average Bonchev–Trinajstić information content (AvgIpc) is 2.76. The van der Waals surface area contributed by atoms with E-state index in [4.69, 9.17) is 0 Å². The maximum Gasteiger partial charge on any atom is 0.223 e. The Morgan fingerprint density at radius 1 is 1.35 bits per heavy atom. The van der Waals surface area contributed by atoms with Crippen LogP contribution in [0, 0.1) is 0 Å². The highest BCUT2D eigenvalue weighted by Gasteiger charge is 2.07. The predicted octanol–water partition coefficient (Wildman–Crippen LogP) is 2.02. The molecule has 2 heterocycles. The fraction of sp³-hybridized carbons (Fsp3) is 0.400. The van der Waals surface area contributed by atoms with E-state index >= 15 is 0 Å². The Morgan fingerprint density at radius 3 is 2.71 bits per heavy atom. The molecular weight excluding hydrogens is 284 g/mol. The molecule has 2 aromatic heterocycles. The largest absolute Gasteiger partial charge is 0.347 e. The summed E-state index contributed by atoms with van der Waals surface area (Å²) in [6.45, 7) is 4.73. The highest BCUT2D eigenvalue weighted by Crippen LogP contribution is 2.09. The normalized spacial score (nSPS) is 10.8. The van der Waals surface area contributed by atoms with Crippen LogP contribution in [0.25, 0.3) is 0 Å². The van der Waals surface area contributed by atoms with Gasteiger partial charge in [0.25, 0.3) is 0 Å². The molecule has 0 bridgehead atoms. The Morgan fingerprint density at radius 2 is 2.06 bits per heavy atom. The summed E-state index contributed by atoms with van der Waals surface area (Å²) in [7, 11) is 0. The second-order valence-corrected chi connectivity index (χ2v) is 4.74. The van der Waals surface area contributed by atoms with E-state index in [1.54, 1.807) is 18.7 Å². The highest BCUT2D eigenvalue weighted by atomic mass is 79.9. The Bertz CT molecular complexity index is 478. The first-order valence-electron chi connectivity index (χ1n) is 5.26. The van der Waals surface area contributed by atoms with Crippen LogP contribution in [-0.2, 0) is 6.54 Å². The molecule has 0 aliphatic heterocycles. The highest BCUT2D eigenvalue weighted by molar-refractivity contribution is 9.10. The molecule has 0 atom stereocenters. The van der Waals surface area contributed by atoms with Crippen molar-refractivity contribution in [2.24, 2.45) is 0 Å². The van der Waals surface area contributed by atoms with Gasteiger partial charge >= 0.3 is 0 Å². The lowest BCUT2D eigenvalue weighted by Gasteiger charge is -2.10. The summed E-state index contributed by atoms with van der Waals surface area (Å²) in [5, 5.41) is 11.1. The van der Waals surface area contributed by atoms with E-state index in [2.05, 4.69) is 55.3 Å². The fourth-order valence-electron chi connectivity index (χ4n) is 1.39. The SMILES string of the molecule is CC(C)n1cnnc1CNc1ncc(Br)cn1. The molecule has 90 valence electrons. The van der Waals surface area contributed by atoms with Crippen LogP contribution >= 0.6 is 15.9 Å². The maximum absolute atomic E-state index is 4.13. The van der Waals surface area contributed by atoms with Crippen molar-refractivity contribution >= 4 is 21.9 Å². The molecule has 17 heavy (non-hydrogen) atoms. The lowest BCUT2D eigenvalue weighted by atomic mass is 10.4. The smallest absolute Gasteiger partial charge is 0.223 e. The Hall–Kier alpha value is -1.50. The van der Waals surface area contributed by atoms with E-state index in [1.807, 2.05) is 4.57 Å². The van der Waals surface area contributed by atoms with Crippen LogP contribution in [0.4, 0.5) is 5.95 Å². The average molecular weight is 297 g/mol. The Balaban J connectivity index is 2.02. The molecule has 0 amide bonds. The number of aromatic nitrogens is 5. The number of hydrogen-bond donors (Lipinski definition) is 1. The molecule has 0 radical (unpaired) electrons. The van der Waals surface area contributed by atoms with Gasteiger partial charge in [0.15, 0.2) is 5.82 Å². The minimum Gasteiger partial charge on any atom is -0.347 e. The van der Waals surface area contributed by atoms with E-state index in [9.17, 15) is 0 Å². The summed E-state index contributed by atoms with van der Waals surface area (Å²) in [6.07, 6.45) is 5.12. The molecule has 0 saturated heterocycles. The number of hydrogen-bond acceptors (Lipinski definition) is 5. The molecule has 0 spiro atoms. The van der Waals surface area contributed by atoms with Gasteiger partial charge in [-0.15, -0.1) is 10.2 Å². The summed E-state index contributed by atoms with van der Waals surface area (Å²) in [5.74, 6) is 1.44. The lowest BCUT2D eigenvalue weighted by Crippen LogP contribution is -2.11. The second kappa shape index (κ2) is 5.22. The monoisotopic (exact) mass is 296 g/mol. The molecule has 0 saturated carbocycles. The lowest BCUT2D eigenvalue weighted by molar-refractivity contribution is 0.571. The molecule has 0 aliphatic rings. The van der Waals surface area contributed by atoms with Gasteiger partial charge in [0.1, 0.15) is 6.33 Å². The summed E-state index contributed by atoms with van der Waals surface area (Å²) in [5.41, 5.74) is 0. The van der Waals surface area contributed by atoms with Gasteiger partial charge in [0.2, 0.25) is 5.95 Å². The number of halogens is 1. The van der Waals surface area contributed by atoms with Crippen LogP contribution in [-0.4, -0.2) is 24.7 Å². The van der Waals surface area contributed by atoms with Crippen molar-refractivity contribution in [3.05, 3.63) is 29.0 Å². The van der Waals surface area contributed by atoms with Gasteiger partial charge in [0, 0.05) is 18.4 Å². The molecule has 2 rings (SSSR count). The zero-order valence-electron chi connectivity index (χ0n) is 9.63. The Labute approximate surface area is 108 Å². The third-order valence-electron chi connectivity index (χ3n) is 2.23. The molecule has 6 nitrogen and oxygen atoms in total. The van der Waals surface area contributed by atoms with E-state index in [-0.39, 0.29) is 0 Å². The number of anilines is 1. The molecule has 1 N–H and O–H groups in total.